The fourth-order valence-electron chi connectivity index (χ4n) is 7.15. The van der Waals surface area contributed by atoms with Gasteiger partial charge in [-0.15, -0.1) is 45.3 Å². The summed E-state index contributed by atoms with van der Waals surface area (Å²) < 4.78 is 32.5. The van der Waals surface area contributed by atoms with E-state index in [1.165, 1.54) is 34.0 Å². The Balaban J connectivity index is 1.10. The summed E-state index contributed by atoms with van der Waals surface area (Å²) in [4.78, 5) is 31.7. The maximum atomic E-state index is 13.6. The Kier molecular flexibility index (Phi) is 10.2. The Bertz CT molecular complexity index is 2880. The van der Waals surface area contributed by atoms with Gasteiger partial charge >= 0.3 is 0 Å². The summed E-state index contributed by atoms with van der Waals surface area (Å²) in [7, 11) is 1.61. The maximum Gasteiger partial charge on any atom is 0.142 e. The molecule has 57 heavy (non-hydrogen) atoms. The van der Waals surface area contributed by atoms with E-state index < -0.39 is 21.6 Å². The van der Waals surface area contributed by atoms with Gasteiger partial charge in [0, 0.05) is 81.8 Å². The van der Waals surface area contributed by atoms with Crippen LogP contribution in [0.25, 0.3) is 64.5 Å². The highest BCUT2D eigenvalue weighted by Crippen LogP contribution is 2.46. The number of thiazole rings is 2. The molecule has 9 rings (SSSR count). The lowest BCUT2D eigenvalue weighted by atomic mass is 10.0. The smallest absolute Gasteiger partial charge is 0.142 e. The van der Waals surface area contributed by atoms with Crippen molar-refractivity contribution in [3.8, 4) is 44.0 Å². The first kappa shape index (κ1) is 38.3. The number of hydrogen-bond acceptors (Lipinski definition) is 14. The summed E-state index contributed by atoms with van der Waals surface area (Å²) >= 11 is 5.93. The van der Waals surface area contributed by atoms with Gasteiger partial charge in [0.1, 0.15) is 51.1 Å². The zero-order valence-corrected chi connectivity index (χ0v) is 36.9. The molecule has 0 radical (unpaired) electrons. The van der Waals surface area contributed by atoms with Gasteiger partial charge in [0.25, 0.3) is 0 Å². The van der Waals surface area contributed by atoms with Crippen LogP contribution in [0.4, 0.5) is 11.4 Å². The number of fused-ring (bicyclic) bond motifs is 2. The lowest BCUT2D eigenvalue weighted by Gasteiger charge is -2.23. The van der Waals surface area contributed by atoms with E-state index in [1.54, 1.807) is 17.5 Å². The minimum atomic E-state index is -1.22. The molecule has 18 heteroatoms. The van der Waals surface area contributed by atoms with Gasteiger partial charge in [-0.05, 0) is 45.2 Å². The fourth-order valence-corrected chi connectivity index (χ4v) is 14.6. The van der Waals surface area contributed by atoms with E-state index in [4.69, 9.17) is 31.4 Å². The van der Waals surface area contributed by atoms with Gasteiger partial charge in [-0.3, -0.25) is 8.42 Å². The van der Waals surface area contributed by atoms with Crippen molar-refractivity contribution in [1.29, 1.82) is 0 Å². The van der Waals surface area contributed by atoms with Crippen LogP contribution < -0.4 is 11.5 Å². The Hall–Kier alpha value is -4.20. The normalized spacial score (nSPS) is 14.5. The average Bonchev–Trinajstić information content (AvgIpc) is 4.05. The van der Waals surface area contributed by atoms with Crippen molar-refractivity contribution in [1.82, 2.24) is 39.0 Å². The van der Waals surface area contributed by atoms with Crippen molar-refractivity contribution in [2.45, 2.75) is 73.0 Å². The Labute approximate surface area is 350 Å². The van der Waals surface area contributed by atoms with Crippen molar-refractivity contribution in [2.75, 3.05) is 17.2 Å². The van der Waals surface area contributed by atoms with Crippen LogP contribution in [0.2, 0.25) is 0 Å². The number of unbranched alkanes of at least 4 members (excludes halogenated alkanes) is 1. The van der Waals surface area contributed by atoms with Crippen molar-refractivity contribution >= 4 is 98.8 Å². The third-order valence-electron chi connectivity index (χ3n) is 10.7. The van der Waals surface area contributed by atoms with Gasteiger partial charge < -0.3 is 20.6 Å². The summed E-state index contributed by atoms with van der Waals surface area (Å²) in [5.41, 5.74) is 20.7. The summed E-state index contributed by atoms with van der Waals surface area (Å²) in [5.74, 6) is 2.19. The van der Waals surface area contributed by atoms with Crippen LogP contribution in [0, 0.1) is 13.8 Å². The number of hydrogen-bond donors (Lipinski definition) is 2. The summed E-state index contributed by atoms with van der Waals surface area (Å²) in [6, 6.07) is 4.05. The lowest BCUT2D eigenvalue weighted by Crippen LogP contribution is -2.23. The molecule has 0 saturated heterocycles. The standard InChI is InChI=1S/C39H40N10O2S6/c1-6-7-13-56(50)38-31(40)30-24(16-25(46-37(30)54-38)34-42-11-12-52-34)33-45-19(2)27(49(33)5)14-21-17-44-35(53-21)26-15-23(28-18-43-20(3)48(28)4)29-32(41)39(55-36(29)47-26)57(51)22-9-8-10-22/h11-12,15-18,22H,6-10,13-14,40-41H2,1-5H3. The molecular formula is C39H40N10O2S6. The molecule has 1 aliphatic carbocycles. The first-order valence-electron chi connectivity index (χ1n) is 18.6. The molecule has 0 aromatic carbocycles. The first-order chi connectivity index (χ1) is 27.5. The topological polar surface area (TPSA) is 173 Å². The second-order valence-corrected chi connectivity index (χ2v) is 22.0. The molecule has 8 aromatic rings. The number of aryl methyl sites for hydroxylation is 2. The molecule has 4 N–H and O–H groups in total. The number of imidazole rings is 2. The van der Waals surface area contributed by atoms with Crippen LogP contribution in [0.1, 0.15) is 61.1 Å². The lowest BCUT2D eigenvalue weighted by molar-refractivity contribution is 0.505. The fraction of sp³-hybridized carbons (Fsp3) is 0.333. The Morgan fingerprint density at radius 1 is 0.842 bits per heavy atom. The van der Waals surface area contributed by atoms with Crippen LogP contribution in [0.5, 0.6) is 0 Å². The number of nitrogen functional groups attached to an aromatic ring is 2. The second-order valence-electron chi connectivity index (χ2n) is 14.3. The zero-order valence-electron chi connectivity index (χ0n) is 32.0. The van der Waals surface area contributed by atoms with E-state index in [1.807, 2.05) is 62.4 Å². The number of thiophene rings is 2. The number of nitrogens with two attached hydrogens (primary N) is 2. The van der Waals surface area contributed by atoms with Crippen LogP contribution in [-0.2, 0) is 42.1 Å². The van der Waals surface area contributed by atoms with Gasteiger partial charge in [0.15, 0.2) is 0 Å². The van der Waals surface area contributed by atoms with Gasteiger partial charge in [-0.25, -0.2) is 29.9 Å². The molecule has 8 aromatic heterocycles. The van der Waals surface area contributed by atoms with Gasteiger partial charge in [0.2, 0.25) is 0 Å². The molecule has 0 bridgehead atoms. The largest absolute Gasteiger partial charge is 0.396 e. The molecule has 0 spiro atoms. The Morgan fingerprint density at radius 2 is 1.54 bits per heavy atom. The highest BCUT2D eigenvalue weighted by Gasteiger charge is 2.31. The maximum absolute atomic E-state index is 13.6. The molecule has 1 aliphatic rings. The molecule has 12 nitrogen and oxygen atoms in total. The highest BCUT2D eigenvalue weighted by atomic mass is 32.2. The van der Waals surface area contributed by atoms with Crippen molar-refractivity contribution in [2.24, 2.45) is 14.1 Å². The zero-order chi connectivity index (χ0) is 39.7. The van der Waals surface area contributed by atoms with E-state index in [0.717, 1.165) is 119 Å². The number of rotatable bonds is 12. The van der Waals surface area contributed by atoms with Crippen LogP contribution in [-0.4, -0.2) is 58.5 Å². The third-order valence-corrected chi connectivity index (χ3v) is 18.8. The molecule has 0 amide bonds. The van der Waals surface area contributed by atoms with Crippen molar-refractivity contribution in [3.63, 3.8) is 0 Å². The van der Waals surface area contributed by atoms with Gasteiger partial charge in [0.05, 0.1) is 50.6 Å². The van der Waals surface area contributed by atoms with E-state index >= 15 is 0 Å². The number of pyridine rings is 2. The van der Waals surface area contributed by atoms with E-state index in [9.17, 15) is 8.42 Å². The number of anilines is 2. The molecule has 1 fully saturated rings. The summed E-state index contributed by atoms with van der Waals surface area (Å²) in [5, 5.41) is 5.24. The minimum Gasteiger partial charge on any atom is -0.396 e. The molecule has 2 atom stereocenters. The monoisotopic (exact) mass is 872 g/mol. The molecule has 2 unspecified atom stereocenters. The predicted molar refractivity (Wildman–Crippen MR) is 237 cm³/mol. The first-order valence-corrected chi connectivity index (χ1v) is 24.5. The molecule has 1 saturated carbocycles. The minimum absolute atomic E-state index is 0.144. The highest BCUT2D eigenvalue weighted by molar-refractivity contribution is 7.88. The molecular weight excluding hydrogens is 833 g/mol. The summed E-state index contributed by atoms with van der Waals surface area (Å²) in [6.45, 7) is 6.08. The van der Waals surface area contributed by atoms with Crippen molar-refractivity contribution < 1.29 is 8.42 Å². The van der Waals surface area contributed by atoms with E-state index in [2.05, 4.69) is 21.5 Å². The number of nitrogens with zero attached hydrogens (tertiary/aromatic N) is 8. The third kappa shape index (κ3) is 6.67. The predicted octanol–water partition coefficient (Wildman–Crippen LogP) is 8.89. The SMILES string of the molecule is CCCCS(=O)c1sc2nc(-c3nccs3)cc(-c3nc(C)c(Cc4cnc(-c5cc(-c6cnc(C)n6C)c6c(N)c(S(=O)C7CCC7)sc6n5)s4)n3C)c2c1N. The summed E-state index contributed by atoms with van der Waals surface area (Å²) in [6.07, 6.45) is 11.0. The van der Waals surface area contributed by atoms with Crippen LogP contribution in [0.3, 0.4) is 0 Å². The Morgan fingerprint density at radius 3 is 2.21 bits per heavy atom. The van der Waals surface area contributed by atoms with Crippen LogP contribution in [0.15, 0.2) is 44.5 Å². The second kappa shape index (κ2) is 15.2. The van der Waals surface area contributed by atoms with Crippen LogP contribution >= 0.6 is 45.3 Å². The number of aromatic nitrogens is 8. The molecule has 294 valence electrons. The van der Waals surface area contributed by atoms with Gasteiger partial charge in [-0.2, -0.15) is 0 Å². The molecule has 8 heterocycles. The van der Waals surface area contributed by atoms with Gasteiger partial charge in [-0.1, -0.05) is 19.8 Å². The van der Waals surface area contributed by atoms with Crippen molar-refractivity contribution in [3.05, 3.63) is 58.2 Å². The van der Waals surface area contributed by atoms with E-state index in [0.29, 0.717) is 32.0 Å². The average molecular weight is 873 g/mol. The molecule has 0 aliphatic heterocycles. The quantitative estimate of drug-likeness (QED) is 0.121. The van der Waals surface area contributed by atoms with E-state index in [-0.39, 0.29) is 5.25 Å².